The minimum Gasteiger partial charge on any atom is -0.462 e. The fraction of sp³-hybridized carbons (Fsp3) is 0.429. The van der Waals surface area contributed by atoms with Crippen LogP contribution in [0.1, 0.15) is 17.3 Å². The summed E-state index contributed by atoms with van der Waals surface area (Å²) >= 11 is 0. The summed E-state index contributed by atoms with van der Waals surface area (Å²) in [5, 5.41) is 5.27. The number of carbonyl (C=O) groups excluding carboxylic acids is 1. The van der Waals surface area contributed by atoms with Crippen molar-refractivity contribution in [1.82, 2.24) is 15.1 Å². The maximum absolute atomic E-state index is 11.5. The molecule has 0 spiro atoms. The predicted molar refractivity (Wildman–Crippen MR) is 51.9 cm³/mol. The van der Waals surface area contributed by atoms with Crippen molar-refractivity contribution in [2.75, 3.05) is 13.7 Å². The lowest BCUT2D eigenvalue weighted by atomic mass is 10.4. The van der Waals surface area contributed by atoms with E-state index in [1.165, 1.54) is 0 Å². The van der Waals surface area contributed by atoms with Crippen LogP contribution in [-0.2, 0) is 19.6 Å². The van der Waals surface area contributed by atoms with E-state index >= 15 is 0 Å². The second-order valence-electron chi connectivity index (χ2n) is 2.62. The number of rotatable bonds is 5. The highest BCUT2D eigenvalue weighted by atomic mass is 32.2. The Labute approximate surface area is 91.9 Å². The van der Waals surface area contributed by atoms with Crippen molar-refractivity contribution < 1.29 is 22.8 Å². The molecule has 1 heterocycles. The van der Waals surface area contributed by atoms with Crippen LogP contribution in [0.3, 0.4) is 0 Å². The third kappa shape index (κ3) is 2.56. The average molecular weight is 249 g/mol. The average Bonchev–Trinajstić information content (AvgIpc) is 2.66. The number of H-pyrrole nitrogens is 1. The number of nitrogens with one attached hydrogen (secondary N) is 2. The lowest BCUT2D eigenvalue weighted by Gasteiger charge is -2.04. The summed E-state index contributed by atoms with van der Waals surface area (Å²) in [4.78, 5) is 17.4. The highest BCUT2D eigenvalue weighted by molar-refractivity contribution is 7.89. The number of esters is 1. The van der Waals surface area contributed by atoms with Crippen LogP contribution in [0.2, 0.25) is 0 Å². The van der Waals surface area contributed by atoms with Crippen LogP contribution < -0.4 is 4.89 Å². The Bertz CT molecular complexity index is 466. The van der Waals surface area contributed by atoms with Gasteiger partial charge in [-0.1, -0.05) is 4.89 Å². The van der Waals surface area contributed by atoms with E-state index in [2.05, 4.69) is 19.8 Å². The molecule has 0 amide bonds. The van der Waals surface area contributed by atoms with Gasteiger partial charge in [0.25, 0.3) is 10.0 Å². The van der Waals surface area contributed by atoms with E-state index < -0.39 is 21.0 Å². The van der Waals surface area contributed by atoms with Crippen LogP contribution in [0.4, 0.5) is 0 Å². The molecule has 2 N–H and O–H groups in total. The van der Waals surface area contributed by atoms with Crippen molar-refractivity contribution in [3.63, 3.8) is 0 Å². The fourth-order valence-electron chi connectivity index (χ4n) is 0.985. The van der Waals surface area contributed by atoms with Crippen LogP contribution in [0.25, 0.3) is 0 Å². The molecular weight excluding hydrogens is 238 g/mol. The number of nitrogens with zero attached hydrogens (tertiary/aromatic N) is 1. The summed E-state index contributed by atoms with van der Waals surface area (Å²) in [5.41, 5.74) is -0.175. The predicted octanol–water partition coefficient (Wildman–Crippen LogP) is -0.574. The van der Waals surface area contributed by atoms with Crippen LogP contribution in [-0.4, -0.2) is 38.3 Å². The maximum atomic E-state index is 11.5. The SMILES string of the molecule is CCOC(=O)c1cn[nH]c1S(=O)(=O)NOC. The highest BCUT2D eigenvalue weighted by Crippen LogP contribution is 2.12. The van der Waals surface area contributed by atoms with Gasteiger partial charge in [-0.05, 0) is 6.92 Å². The molecule has 1 rings (SSSR count). The molecule has 0 fully saturated rings. The van der Waals surface area contributed by atoms with Crippen molar-refractivity contribution in [2.45, 2.75) is 11.9 Å². The Hall–Kier alpha value is -1.45. The molecule has 0 saturated carbocycles. The second kappa shape index (κ2) is 5.05. The van der Waals surface area contributed by atoms with Gasteiger partial charge in [-0.15, -0.1) is 0 Å². The van der Waals surface area contributed by atoms with Gasteiger partial charge in [0.2, 0.25) is 0 Å². The van der Waals surface area contributed by atoms with E-state index in [9.17, 15) is 13.2 Å². The first-order chi connectivity index (χ1) is 7.53. The molecule has 0 unspecified atom stereocenters. The number of hydrogen-bond donors (Lipinski definition) is 2. The molecule has 0 aliphatic carbocycles. The van der Waals surface area contributed by atoms with Gasteiger partial charge in [0.1, 0.15) is 5.56 Å². The Morgan fingerprint density at radius 3 is 2.88 bits per heavy atom. The molecule has 0 saturated heterocycles. The normalized spacial score (nSPS) is 11.4. The minimum absolute atomic E-state index is 0.140. The third-order valence-electron chi connectivity index (χ3n) is 1.56. The van der Waals surface area contributed by atoms with Crippen LogP contribution in [0.15, 0.2) is 11.2 Å². The van der Waals surface area contributed by atoms with Crippen molar-refractivity contribution in [2.24, 2.45) is 0 Å². The van der Waals surface area contributed by atoms with Gasteiger partial charge < -0.3 is 4.74 Å². The summed E-state index contributed by atoms with van der Waals surface area (Å²) in [6, 6.07) is 0. The van der Waals surface area contributed by atoms with Gasteiger partial charge in [-0.25, -0.2) is 13.2 Å². The van der Waals surface area contributed by atoms with Gasteiger partial charge in [0.05, 0.1) is 19.9 Å². The zero-order valence-electron chi connectivity index (χ0n) is 8.68. The van der Waals surface area contributed by atoms with Gasteiger partial charge in [0, 0.05) is 0 Å². The van der Waals surface area contributed by atoms with Crippen molar-refractivity contribution >= 4 is 16.0 Å². The Morgan fingerprint density at radius 2 is 2.31 bits per heavy atom. The number of aromatic nitrogens is 2. The van der Waals surface area contributed by atoms with E-state index in [4.69, 9.17) is 0 Å². The molecular formula is C7H11N3O5S. The second-order valence-corrected chi connectivity index (χ2v) is 4.21. The van der Waals surface area contributed by atoms with Gasteiger partial charge >= 0.3 is 5.97 Å². The zero-order chi connectivity index (χ0) is 12.2. The Balaban J connectivity index is 3.08. The molecule has 9 heteroatoms. The smallest absolute Gasteiger partial charge is 0.342 e. The lowest BCUT2D eigenvalue weighted by molar-refractivity contribution is 0.0521. The maximum Gasteiger partial charge on any atom is 0.342 e. The van der Waals surface area contributed by atoms with Crippen molar-refractivity contribution in [1.29, 1.82) is 0 Å². The Morgan fingerprint density at radius 1 is 1.62 bits per heavy atom. The van der Waals surface area contributed by atoms with E-state index in [1.807, 2.05) is 0 Å². The van der Waals surface area contributed by atoms with Crippen LogP contribution >= 0.6 is 0 Å². The quantitative estimate of drug-likeness (QED) is 0.534. The largest absolute Gasteiger partial charge is 0.462 e. The van der Waals surface area contributed by atoms with Crippen molar-refractivity contribution in [3.8, 4) is 0 Å². The number of hydrogen-bond acceptors (Lipinski definition) is 6. The molecule has 0 aliphatic rings. The number of ether oxygens (including phenoxy) is 1. The first-order valence-corrected chi connectivity index (χ1v) is 5.76. The van der Waals surface area contributed by atoms with E-state index in [1.54, 1.807) is 11.8 Å². The number of aromatic amines is 1. The minimum atomic E-state index is -3.95. The van der Waals surface area contributed by atoms with E-state index in [0.29, 0.717) is 0 Å². The van der Waals surface area contributed by atoms with Gasteiger partial charge in [-0.3, -0.25) is 9.94 Å². The van der Waals surface area contributed by atoms with Crippen LogP contribution in [0, 0.1) is 0 Å². The number of sulfonamides is 1. The Kier molecular flexibility index (Phi) is 3.99. The molecule has 1 aromatic rings. The summed E-state index contributed by atoms with van der Waals surface area (Å²) in [6.07, 6.45) is 1.07. The van der Waals surface area contributed by atoms with E-state index in [0.717, 1.165) is 13.3 Å². The number of carbonyl (C=O) groups is 1. The summed E-state index contributed by atoms with van der Waals surface area (Å²) in [7, 11) is -2.82. The molecule has 0 atom stereocenters. The highest BCUT2D eigenvalue weighted by Gasteiger charge is 2.25. The standard InChI is InChI=1S/C7H11N3O5S/c1-3-15-7(11)5-4-8-9-6(5)16(12,13)10-14-2/h4,10H,3H2,1-2H3,(H,8,9). The molecule has 1 aromatic heterocycles. The first kappa shape index (κ1) is 12.6. The first-order valence-electron chi connectivity index (χ1n) is 4.28. The molecule has 16 heavy (non-hydrogen) atoms. The molecule has 0 aliphatic heterocycles. The third-order valence-corrected chi connectivity index (χ3v) is 2.80. The van der Waals surface area contributed by atoms with Crippen molar-refractivity contribution in [3.05, 3.63) is 11.8 Å². The molecule has 0 bridgehead atoms. The van der Waals surface area contributed by atoms with Gasteiger partial charge in [-0.2, -0.15) is 5.10 Å². The summed E-state index contributed by atoms with van der Waals surface area (Å²) in [5.74, 6) is -0.771. The van der Waals surface area contributed by atoms with Crippen LogP contribution in [0.5, 0.6) is 0 Å². The topological polar surface area (TPSA) is 110 Å². The van der Waals surface area contributed by atoms with E-state index in [-0.39, 0.29) is 12.2 Å². The monoisotopic (exact) mass is 249 g/mol. The molecule has 90 valence electrons. The zero-order valence-corrected chi connectivity index (χ0v) is 9.50. The molecule has 0 aromatic carbocycles. The van der Waals surface area contributed by atoms with Gasteiger partial charge in [0.15, 0.2) is 5.03 Å². The summed E-state index contributed by atoms with van der Waals surface area (Å²) < 4.78 is 27.7. The lowest BCUT2D eigenvalue weighted by Crippen LogP contribution is -2.24. The summed E-state index contributed by atoms with van der Waals surface area (Å²) in [6.45, 7) is 1.75. The fourth-order valence-corrected chi connectivity index (χ4v) is 1.89. The molecule has 8 nitrogen and oxygen atoms in total. The molecule has 0 radical (unpaired) electrons.